The van der Waals surface area contributed by atoms with Crippen molar-refractivity contribution in [3.8, 4) is 0 Å². The number of nitrogens with one attached hydrogen (secondary N) is 1. The van der Waals surface area contributed by atoms with Crippen molar-refractivity contribution in [2.45, 2.75) is 19.4 Å². The summed E-state index contributed by atoms with van der Waals surface area (Å²) in [5.74, 6) is 3.25. The summed E-state index contributed by atoms with van der Waals surface area (Å²) in [5, 5.41) is 3.39. The van der Waals surface area contributed by atoms with Crippen LogP contribution in [0.15, 0.2) is 12.1 Å². The number of nitrogen functional groups attached to an aromatic ring is 1. The SMILES string of the molecule is Cc1ccc(N)c(NC2CCSC2)n1. The van der Waals surface area contributed by atoms with Gasteiger partial charge in [0.2, 0.25) is 0 Å². The Kier molecular flexibility index (Phi) is 2.82. The van der Waals surface area contributed by atoms with E-state index in [0.717, 1.165) is 23.0 Å². The summed E-state index contributed by atoms with van der Waals surface area (Å²) in [4.78, 5) is 4.39. The van der Waals surface area contributed by atoms with E-state index in [1.807, 2.05) is 30.8 Å². The van der Waals surface area contributed by atoms with Gasteiger partial charge in [0.25, 0.3) is 0 Å². The van der Waals surface area contributed by atoms with Crippen LogP contribution in [0.4, 0.5) is 11.5 Å². The van der Waals surface area contributed by atoms with Crippen LogP contribution in [0.2, 0.25) is 0 Å². The second-order valence-corrected chi connectivity index (χ2v) is 4.75. The summed E-state index contributed by atoms with van der Waals surface area (Å²) in [5.41, 5.74) is 7.59. The number of anilines is 2. The van der Waals surface area contributed by atoms with Gasteiger partial charge in [-0.2, -0.15) is 11.8 Å². The lowest BCUT2D eigenvalue weighted by Crippen LogP contribution is -2.20. The Labute approximate surface area is 88.5 Å². The fraction of sp³-hybridized carbons (Fsp3) is 0.500. The zero-order valence-electron chi connectivity index (χ0n) is 8.29. The third-order valence-electron chi connectivity index (χ3n) is 2.34. The number of nitrogens with two attached hydrogens (primary N) is 1. The minimum absolute atomic E-state index is 0.539. The molecule has 1 aromatic heterocycles. The molecule has 0 spiro atoms. The Morgan fingerprint density at radius 3 is 3.14 bits per heavy atom. The minimum Gasteiger partial charge on any atom is -0.396 e. The maximum atomic E-state index is 5.84. The van der Waals surface area contributed by atoms with Crippen LogP contribution in [0, 0.1) is 6.92 Å². The van der Waals surface area contributed by atoms with E-state index >= 15 is 0 Å². The molecule has 3 nitrogen and oxygen atoms in total. The highest BCUT2D eigenvalue weighted by atomic mass is 32.2. The zero-order chi connectivity index (χ0) is 9.97. The Balaban J connectivity index is 2.10. The lowest BCUT2D eigenvalue weighted by atomic mass is 10.2. The fourth-order valence-electron chi connectivity index (χ4n) is 1.52. The number of aryl methyl sites for hydroxylation is 1. The van der Waals surface area contributed by atoms with Gasteiger partial charge in [0.05, 0.1) is 5.69 Å². The average molecular weight is 209 g/mol. The van der Waals surface area contributed by atoms with Gasteiger partial charge in [-0.3, -0.25) is 0 Å². The number of nitrogens with zero attached hydrogens (tertiary/aromatic N) is 1. The summed E-state index contributed by atoms with van der Waals surface area (Å²) in [6.07, 6.45) is 1.21. The molecule has 76 valence electrons. The van der Waals surface area contributed by atoms with Crippen LogP contribution < -0.4 is 11.1 Å². The second kappa shape index (κ2) is 4.09. The van der Waals surface area contributed by atoms with Gasteiger partial charge in [-0.1, -0.05) is 0 Å². The summed E-state index contributed by atoms with van der Waals surface area (Å²) in [6.45, 7) is 1.98. The molecular weight excluding hydrogens is 194 g/mol. The molecule has 1 aliphatic heterocycles. The van der Waals surface area contributed by atoms with E-state index in [4.69, 9.17) is 5.73 Å². The van der Waals surface area contributed by atoms with E-state index in [9.17, 15) is 0 Å². The number of thioether (sulfide) groups is 1. The molecule has 1 unspecified atom stereocenters. The van der Waals surface area contributed by atoms with E-state index in [1.165, 1.54) is 12.2 Å². The quantitative estimate of drug-likeness (QED) is 0.781. The Morgan fingerprint density at radius 2 is 2.43 bits per heavy atom. The van der Waals surface area contributed by atoms with Crippen LogP contribution in [0.25, 0.3) is 0 Å². The predicted octanol–water partition coefficient (Wildman–Crippen LogP) is 1.89. The van der Waals surface area contributed by atoms with E-state index < -0.39 is 0 Å². The van der Waals surface area contributed by atoms with Gasteiger partial charge in [-0.15, -0.1) is 0 Å². The van der Waals surface area contributed by atoms with Crippen molar-refractivity contribution in [3.63, 3.8) is 0 Å². The first kappa shape index (κ1) is 9.65. The normalized spacial score (nSPS) is 21.1. The second-order valence-electron chi connectivity index (χ2n) is 3.60. The van der Waals surface area contributed by atoms with Gasteiger partial charge in [-0.05, 0) is 31.2 Å². The molecule has 1 aromatic rings. The zero-order valence-corrected chi connectivity index (χ0v) is 9.10. The Bertz CT molecular complexity index is 321. The molecular formula is C10H15N3S. The summed E-state index contributed by atoms with van der Waals surface area (Å²) in [7, 11) is 0. The molecule has 1 atom stereocenters. The molecule has 0 aliphatic carbocycles. The number of aromatic nitrogens is 1. The largest absolute Gasteiger partial charge is 0.396 e. The molecule has 0 aromatic carbocycles. The van der Waals surface area contributed by atoms with Gasteiger partial charge < -0.3 is 11.1 Å². The Morgan fingerprint density at radius 1 is 1.57 bits per heavy atom. The Hall–Kier alpha value is -0.900. The highest BCUT2D eigenvalue weighted by Crippen LogP contribution is 2.23. The van der Waals surface area contributed by atoms with Crippen LogP contribution in [0.1, 0.15) is 12.1 Å². The van der Waals surface area contributed by atoms with Crippen LogP contribution in [-0.2, 0) is 0 Å². The van der Waals surface area contributed by atoms with E-state index in [-0.39, 0.29) is 0 Å². The molecule has 1 fully saturated rings. The first-order valence-corrected chi connectivity index (χ1v) is 5.98. The monoisotopic (exact) mass is 209 g/mol. The number of hydrogen-bond donors (Lipinski definition) is 2. The fourth-order valence-corrected chi connectivity index (χ4v) is 2.68. The van der Waals surface area contributed by atoms with Crippen LogP contribution in [0.5, 0.6) is 0 Å². The van der Waals surface area contributed by atoms with Gasteiger partial charge in [0.1, 0.15) is 5.82 Å². The number of hydrogen-bond acceptors (Lipinski definition) is 4. The van der Waals surface area contributed by atoms with Crippen molar-refractivity contribution in [1.29, 1.82) is 0 Å². The van der Waals surface area contributed by atoms with Crippen molar-refractivity contribution < 1.29 is 0 Å². The summed E-state index contributed by atoms with van der Waals surface area (Å²) < 4.78 is 0. The number of rotatable bonds is 2. The molecule has 14 heavy (non-hydrogen) atoms. The van der Waals surface area contributed by atoms with Crippen LogP contribution in [0.3, 0.4) is 0 Å². The van der Waals surface area contributed by atoms with Crippen molar-refractivity contribution in [2.75, 3.05) is 22.6 Å². The maximum absolute atomic E-state index is 5.84. The van der Waals surface area contributed by atoms with Gasteiger partial charge in [-0.25, -0.2) is 4.98 Å². The maximum Gasteiger partial charge on any atom is 0.149 e. The van der Waals surface area contributed by atoms with Crippen LogP contribution in [-0.4, -0.2) is 22.5 Å². The molecule has 0 bridgehead atoms. The smallest absolute Gasteiger partial charge is 0.149 e. The summed E-state index contributed by atoms with van der Waals surface area (Å²) >= 11 is 1.98. The van der Waals surface area contributed by atoms with E-state index in [0.29, 0.717) is 6.04 Å². The van der Waals surface area contributed by atoms with Crippen molar-refractivity contribution in [3.05, 3.63) is 17.8 Å². The lowest BCUT2D eigenvalue weighted by molar-refractivity contribution is 0.806. The van der Waals surface area contributed by atoms with Gasteiger partial charge in [0.15, 0.2) is 0 Å². The standard InChI is InChI=1S/C10H15N3S/c1-7-2-3-9(11)10(12-7)13-8-4-5-14-6-8/h2-3,8H,4-6,11H2,1H3,(H,12,13). The molecule has 4 heteroatoms. The first-order chi connectivity index (χ1) is 6.75. The molecule has 0 amide bonds. The topological polar surface area (TPSA) is 50.9 Å². The predicted molar refractivity (Wildman–Crippen MR) is 62.7 cm³/mol. The van der Waals surface area contributed by atoms with Gasteiger partial charge in [0, 0.05) is 17.5 Å². The van der Waals surface area contributed by atoms with Crippen molar-refractivity contribution in [2.24, 2.45) is 0 Å². The third-order valence-corrected chi connectivity index (χ3v) is 3.50. The number of pyridine rings is 1. The van der Waals surface area contributed by atoms with Crippen molar-refractivity contribution in [1.82, 2.24) is 4.98 Å². The minimum atomic E-state index is 0.539. The van der Waals surface area contributed by atoms with E-state index in [1.54, 1.807) is 0 Å². The molecule has 2 rings (SSSR count). The molecule has 1 saturated heterocycles. The van der Waals surface area contributed by atoms with E-state index in [2.05, 4.69) is 10.3 Å². The first-order valence-electron chi connectivity index (χ1n) is 4.83. The molecule has 0 radical (unpaired) electrons. The highest BCUT2D eigenvalue weighted by Gasteiger charge is 2.16. The summed E-state index contributed by atoms with van der Waals surface area (Å²) in [6, 6.07) is 4.38. The highest BCUT2D eigenvalue weighted by molar-refractivity contribution is 7.99. The van der Waals surface area contributed by atoms with Gasteiger partial charge >= 0.3 is 0 Å². The molecule has 3 N–H and O–H groups in total. The average Bonchev–Trinajstić information content (AvgIpc) is 2.64. The van der Waals surface area contributed by atoms with Crippen LogP contribution >= 0.6 is 11.8 Å². The molecule has 1 aliphatic rings. The third kappa shape index (κ3) is 2.12. The molecule has 2 heterocycles. The lowest BCUT2D eigenvalue weighted by Gasteiger charge is -2.14. The molecule has 0 saturated carbocycles. The van der Waals surface area contributed by atoms with Crippen molar-refractivity contribution >= 4 is 23.3 Å².